The van der Waals surface area contributed by atoms with E-state index in [9.17, 15) is 14.4 Å². The van der Waals surface area contributed by atoms with Gasteiger partial charge in [0.2, 0.25) is 0 Å². The van der Waals surface area contributed by atoms with Gasteiger partial charge in [-0.3, -0.25) is 9.59 Å². The van der Waals surface area contributed by atoms with Crippen LogP contribution in [-0.4, -0.2) is 32.1 Å². The van der Waals surface area contributed by atoms with Crippen molar-refractivity contribution in [2.75, 3.05) is 24.0 Å². The number of para-hydroxylation sites is 4. The van der Waals surface area contributed by atoms with Crippen molar-refractivity contribution in [3.63, 3.8) is 0 Å². The number of carbonyl (C=O) groups excluding carboxylic acids is 3. The first-order valence-corrected chi connectivity index (χ1v) is 9.31. The molecule has 2 aromatic carbocycles. The standard InChI is InChI=1S/C23H18N2O6/c1-29-19-11-5-3-9-17(19)24-21(26)16(14-15-8-7-13-31-15)22(27)25(23(24)28)18-10-4-6-12-20(18)30-2/h3-14H,1-2H3. The predicted octanol–water partition coefficient (Wildman–Crippen LogP) is 3.88. The van der Waals surface area contributed by atoms with Crippen LogP contribution in [0.25, 0.3) is 6.08 Å². The number of benzene rings is 2. The summed E-state index contributed by atoms with van der Waals surface area (Å²) in [5.74, 6) is -0.679. The second-order valence-electron chi connectivity index (χ2n) is 6.48. The van der Waals surface area contributed by atoms with Crippen LogP contribution in [0.4, 0.5) is 16.2 Å². The van der Waals surface area contributed by atoms with Crippen LogP contribution in [0.2, 0.25) is 0 Å². The molecule has 0 radical (unpaired) electrons. The minimum Gasteiger partial charge on any atom is -0.495 e. The van der Waals surface area contributed by atoms with E-state index in [1.165, 1.54) is 26.6 Å². The molecule has 1 fully saturated rings. The molecule has 0 unspecified atom stereocenters. The molecule has 0 bridgehead atoms. The Morgan fingerprint density at radius 3 is 1.71 bits per heavy atom. The van der Waals surface area contributed by atoms with Crippen molar-refractivity contribution in [2.45, 2.75) is 0 Å². The van der Waals surface area contributed by atoms with Crippen molar-refractivity contribution in [2.24, 2.45) is 0 Å². The SMILES string of the molecule is COc1ccccc1N1C(=O)C(=Cc2ccco2)C(=O)N(c2ccccc2OC)C1=O. The fraction of sp³-hybridized carbons (Fsp3) is 0.0870. The summed E-state index contributed by atoms with van der Waals surface area (Å²) in [6.07, 6.45) is 2.73. The number of hydrogen-bond donors (Lipinski definition) is 0. The zero-order valence-corrected chi connectivity index (χ0v) is 16.8. The second kappa shape index (κ2) is 8.19. The molecule has 0 aliphatic carbocycles. The Morgan fingerprint density at radius 1 is 0.742 bits per heavy atom. The summed E-state index contributed by atoms with van der Waals surface area (Å²) in [7, 11) is 2.86. The first-order valence-electron chi connectivity index (χ1n) is 9.31. The smallest absolute Gasteiger partial charge is 0.343 e. The first kappa shape index (κ1) is 20.0. The number of anilines is 2. The Balaban J connectivity index is 1.93. The van der Waals surface area contributed by atoms with Gasteiger partial charge in [0.25, 0.3) is 11.8 Å². The Kier molecular flexibility index (Phi) is 5.28. The van der Waals surface area contributed by atoms with E-state index in [0.29, 0.717) is 17.3 Å². The minimum absolute atomic E-state index is 0.206. The molecule has 8 heteroatoms. The van der Waals surface area contributed by atoms with E-state index >= 15 is 0 Å². The molecule has 156 valence electrons. The zero-order valence-electron chi connectivity index (χ0n) is 16.8. The third-order valence-electron chi connectivity index (χ3n) is 4.73. The molecular weight excluding hydrogens is 400 g/mol. The van der Waals surface area contributed by atoms with Crippen molar-refractivity contribution in [3.05, 3.63) is 78.3 Å². The van der Waals surface area contributed by atoms with Gasteiger partial charge in [0.15, 0.2) is 0 Å². The van der Waals surface area contributed by atoms with Gasteiger partial charge in [-0.15, -0.1) is 0 Å². The van der Waals surface area contributed by atoms with E-state index in [1.807, 2.05) is 0 Å². The molecule has 0 saturated carbocycles. The van der Waals surface area contributed by atoms with E-state index in [4.69, 9.17) is 13.9 Å². The van der Waals surface area contributed by atoms with Gasteiger partial charge in [-0.1, -0.05) is 24.3 Å². The molecule has 4 rings (SSSR count). The lowest BCUT2D eigenvalue weighted by Gasteiger charge is -2.34. The molecule has 8 nitrogen and oxygen atoms in total. The Labute approximate surface area is 177 Å². The van der Waals surface area contributed by atoms with Crippen LogP contribution in [-0.2, 0) is 9.59 Å². The monoisotopic (exact) mass is 418 g/mol. The number of methoxy groups -OCH3 is 2. The van der Waals surface area contributed by atoms with E-state index in [0.717, 1.165) is 9.80 Å². The summed E-state index contributed by atoms with van der Waals surface area (Å²) in [5.41, 5.74) is 0.168. The molecular formula is C23H18N2O6. The summed E-state index contributed by atoms with van der Waals surface area (Å²) in [6, 6.07) is 15.5. The number of imide groups is 2. The lowest BCUT2D eigenvalue weighted by atomic mass is 10.1. The average molecular weight is 418 g/mol. The number of urea groups is 1. The third-order valence-corrected chi connectivity index (χ3v) is 4.73. The van der Waals surface area contributed by atoms with Gasteiger partial charge in [0.1, 0.15) is 22.8 Å². The molecule has 0 N–H and O–H groups in total. The van der Waals surface area contributed by atoms with Crippen LogP contribution < -0.4 is 19.3 Å². The maximum atomic E-state index is 13.5. The molecule has 1 aliphatic heterocycles. The number of barbiturate groups is 1. The number of hydrogen-bond acceptors (Lipinski definition) is 6. The lowest BCUT2D eigenvalue weighted by molar-refractivity contribution is -0.121. The number of amides is 4. The molecule has 1 aromatic heterocycles. The van der Waals surface area contributed by atoms with Crippen LogP contribution in [0.5, 0.6) is 11.5 Å². The highest BCUT2D eigenvalue weighted by Gasteiger charge is 2.45. The fourth-order valence-electron chi connectivity index (χ4n) is 3.30. The summed E-state index contributed by atoms with van der Waals surface area (Å²) in [4.78, 5) is 42.0. The Hall–Kier alpha value is -4.33. The summed E-state index contributed by atoms with van der Waals surface area (Å²) >= 11 is 0. The highest BCUT2D eigenvalue weighted by atomic mass is 16.5. The highest BCUT2D eigenvalue weighted by molar-refractivity contribution is 6.46. The van der Waals surface area contributed by atoms with Crippen LogP contribution >= 0.6 is 0 Å². The summed E-state index contributed by atoms with van der Waals surface area (Å²) in [5, 5.41) is 0. The van der Waals surface area contributed by atoms with Crippen LogP contribution in [0, 0.1) is 0 Å². The van der Waals surface area contributed by atoms with Gasteiger partial charge in [0, 0.05) is 0 Å². The van der Waals surface area contributed by atoms with Crippen molar-refractivity contribution in [1.29, 1.82) is 0 Å². The maximum absolute atomic E-state index is 13.5. The van der Waals surface area contributed by atoms with Crippen molar-refractivity contribution < 1.29 is 28.3 Å². The third kappa shape index (κ3) is 3.44. The van der Waals surface area contributed by atoms with Gasteiger partial charge in [0.05, 0.1) is 31.9 Å². The number of rotatable bonds is 5. The van der Waals surface area contributed by atoms with Crippen molar-refractivity contribution >= 4 is 35.3 Å². The number of nitrogens with zero attached hydrogens (tertiary/aromatic N) is 2. The normalized spacial score (nSPS) is 14.1. The molecule has 0 spiro atoms. The second-order valence-corrected chi connectivity index (χ2v) is 6.48. The molecule has 31 heavy (non-hydrogen) atoms. The number of furan rings is 1. The topological polar surface area (TPSA) is 89.3 Å². The molecule has 3 aromatic rings. The van der Waals surface area contributed by atoms with Gasteiger partial charge in [-0.05, 0) is 42.5 Å². The summed E-state index contributed by atoms with van der Waals surface area (Å²) in [6.45, 7) is 0. The minimum atomic E-state index is -0.847. The quantitative estimate of drug-likeness (QED) is 0.461. The van der Waals surface area contributed by atoms with Crippen LogP contribution in [0.3, 0.4) is 0 Å². The first-order chi connectivity index (χ1) is 15.1. The Morgan fingerprint density at radius 2 is 1.26 bits per heavy atom. The van der Waals surface area contributed by atoms with Crippen molar-refractivity contribution in [3.8, 4) is 11.5 Å². The van der Waals surface area contributed by atoms with Gasteiger partial charge in [-0.2, -0.15) is 0 Å². The van der Waals surface area contributed by atoms with E-state index < -0.39 is 17.8 Å². The van der Waals surface area contributed by atoms with Gasteiger partial charge < -0.3 is 13.9 Å². The van der Waals surface area contributed by atoms with Crippen molar-refractivity contribution in [1.82, 2.24) is 0 Å². The maximum Gasteiger partial charge on any atom is 0.343 e. The van der Waals surface area contributed by atoms with E-state index in [2.05, 4.69) is 0 Å². The molecule has 1 aliphatic rings. The van der Waals surface area contributed by atoms with Crippen LogP contribution in [0.15, 0.2) is 76.9 Å². The van der Waals surface area contributed by atoms with E-state index in [1.54, 1.807) is 60.7 Å². The van der Waals surface area contributed by atoms with Gasteiger partial charge in [-0.25, -0.2) is 14.6 Å². The number of carbonyl (C=O) groups is 3. The number of ether oxygens (including phenoxy) is 2. The lowest BCUT2D eigenvalue weighted by Crippen LogP contribution is -2.57. The largest absolute Gasteiger partial charge is 0.495 e. The fourth-order valence-corrected chi connectivity index (χ4v) is 3.30. The predicted molar refractivity (Wildman–Crippen MR) is 113 cm³/mol. The van der Waals surface area contributed by atoms with Gasteiger partial charge >= 0.3 is 6.03 Å². The Bertz CT molecular complexity index is 1110. The zero-order chi connectivity index (χ0) is 22.0. The molecule has 2 heterocycles. The molecule has 4 amide bonds. The molecule has 1 saturated heterocycles. The van der Waals surface area contributed by atoms with Crippen LogP contribution in [0.1, 0.15) is 5.76 Å². The highest BCUT2D eigenvalue weighted by Crippen LogP contribution is 2.37. The molecule has 0 atom stereocenters. The summed E-state index contributed by atoms with van der Waals surface area (Å²) < 4.78 is 16.0. The van der Waals surface area contributed by atoms with E-state index in [-0.39, 0.29) is 16.9 Å². The average Bonchev–Trinajstić information content (AvgIpc) is 3.31.